The Morgan fingerprint density at radius 3 is 0.439 bits per heavy atom. The normalized spacial score (nSPS) is 3.90. The average molecular weight is 608 g/mol. The molecule has 0 heterocycles. The predicted molar refractivity (Wildman–Crippen MR) is 171 cm³/mol. The van der Waals surface area contributed by atoms with Gasteiger partial charge in [0.1, 0.15) is 0 Å². The molecule has 0 bridgehead atoms. The third kappa shape index (κ3) is 31.9. The summed E-state index contributed by atoms with van der Waals surface area (Å²) in [6.07, 6.45) is 4.93. The molecule has 0 amide bonds. The summed E-state index contributed by atoms with van der Waals surface area (Å²) in [7, 11) is 0. The lowest BCUT2D eigenvalue weighted by Gasteiger charge is -1.57. The minimum Gasteiger partial charge on any atom is -0.106 e. The molecule has 0 radical (unpaired) electrons. The molecule has 168 valence electrons. The molecule has 0 aliphatic heterocycles. The molecule has 0 rings (SSSR count). The van der Waals surface area contributed by atoms with Gasteiger partial charge in [-0.15, -0.1) is 6.42 Å². The van der Waals surface area contributed by atoms with Crippen molar-refractivity contribution in [2.45, 2.75) is 0 Å². The maximum Gasteiger partial charge on any atom is 0.0192 e. The van der Waals surface area contributed by atoms with Crippen LogP contribution in [0.2, 0.25) is 0 Å². The van der Waals surface area contributed by atoms with E-state index in [2.05, 4.69) is 229 Å². The Morgan fingerprint density at radius 1 is 0.195 bits per heavy atom. The van der Waals surface area contributed by atoms with Crippen molar-refractivity contribution in [3.05, 3.63) is 0 Å². The first-order valence-electron chi connectivity index (χ1n) is 9.98. The van der Waals surface area contributed by atoms with Crippen LogP contribution in [-0.2, 0) is 0 Å². The number of rotatable bonds is 0. The highest BCUT2D eigenvalue weighted by Crippen LogP contribution is 1.67. The van der Waals surface area contributed by atoms with Crippen LogP contribution >= 0.6 is 22.6 Å². The molecule has 0 spiro atoms. The molecule has 0 N–H and O–H groups in total. The van der Waals surface area contributed by atoms with Gasteiger partial charge < -0.3 is 0 Å². The molecule has 0 aromatic rings. The van der Waals surface area contributed by atoms with Crippen LogP contribution in [0, 0.1) is 235 Å². The zero-order chi connectivity index (χ0) is 29.6. The summed E-state index contributed by atoms with van der Waals surface area (Å²) >= 11 is 1.88. The van der Waals surface area contributed by atoms with Gasteiger partial charge in [0.15, 0.2) is 0 Å². The largest absolute Gasteiger partial charge is 0.106 e. The number of hydrogen-bond acceptors (Lipinski definition) is 0. The van der Waals surface area contributed by atoms with E-state index in [-0.39, 0.29) is 0 Å². The number of terminal acetylenes is 1. The monoisotopic (exact) mass is 608 g/mol. The van der Waals surface area contributed by atoms with Gasteiger partial charge in [-0.05, 0) is 98.7 Å². The molecular weight excluding hydrogens is 607 g/mol. The van der Waals surface area contributed by atoms with Gasteiger partial charge in [-0.1, -0.05) is 0 Å². The van der Waals surface area contributed by atoms with Crippen LogP contribution in [-0.4, -0.2) is 0 Å². The topological polar surface area (TPSA) is 0 Å². The van der Waals surface area contributed by atoms with E-state index < -0.39 is 0 Å². The Labute approximate surface area is 256 Å². The highest BCUT2D eigenvalue weighted by atomic mass is 127. The standard InChI is InChI=1S/C40HI/c1-2-3-4-5-6-7-8-9-10-11-12-13-14-15-16-17-18-19-20-21-22-23-24-25-26-27-28-29-30-31-32-33-34-35-36-37-38-39-40-41/h1H. The molecule has 0 aromatic carbocycles. The minimum atomic E-state index is 1.88. The molecule has 0 atom stereocenters. The van der Waals surface area contributed by atoms with Crippen LogP contribution in [0.1, 0.15) is 0 Å². The Kier molecular flexibility index (Phi) is 25.6. The predicted octanol–water partition coefficient (Wildman–Crippen LogP) is 1.08. The fraction of sp³-hybridized carbons (Fsp3) is 0. The minimum absolute atomic E-state index is 1.88. The molecule has 0 nitrogen and oxygen atoms in total. The van der Waals surface area contributed by atoms with E-state index in [1.54, 1.807) is 0 Å². The lowest BCUT2D eigenvalue weighted by molar-refractivity contribution is 2.32. The molecule has 41 heavy (non-hydrogen) atoms. The highest BCUT2D eigenvalue weighted by molar-refractivity contribution is 14.1. The zero-order valence-corrected chi connectivity index (χ0v) is 22.6. The summed E-state index contributed by atoms with van der Waals surface area (Å²) in [5.74, 6) is 94.2. The zero-order valence-electron chi connectivity index (χ0n) is 20.5. The first-order chi connectivity index (χ1) is 20.4. The molecule has 0 aromatic heterocycles. The maximum atomic E-state index is 4.93. The summed E-state index contributed by atoms with van der Waals surface area (Å²) < 4.78 is 2.59. The van der Waals surface area contributed by atoms with E-state index in [0.717, 1.165) is 0 Å². The Morgan fingerprint density at radius 2 is 0.317 bits per heavy atom. The van der Waals surface area contributed by atoms with E-state index in [4.69, 9.17) is 6.42 Å². The summed E-state index contributed by atoms with van der Waals surface area (Å²) in [5, 5.41) is 0. The first kappa shape index (κ1) is 32.9. The number of hydrogen-bond donors (Lipinski definition) is 0. The lowest BCUT2D eigenvalue weighted by atomic mass is 10.4. The second-order valence-corrected chi connectivity index (χ2v) is 5.40. The fourth-order valence-corrected chi connectivity index (χ4v) is 1.29. The van der Waals surface area contributed by atoms with Crippen LogP contribution in [0.5, 0.6) is 0 Å². The van der Waals surface area contributed by atoms with Crippen LogP contribution in [0.3, 0.4) is 0 Å². The van der Waals surface area contributed by atoms with Crippen molar-refractivity contribution in [1.29, 1.82) is 0 Å². The Bertz CT molecular complexity index is 2370. The highest BCUT2D eigenvalue weighted by Gasteiger charge is 1.61. The molecular formula is C40HI. The van der Waals surface area contributed by atoms with Gasteiger partial charge >= 0.3 is 0 Å². The lowest BCUT2D eigenvalue weighted by Crippen LogP contribution is -1.57. The quantitative estimate of drug-likeness (QED) is 0.286. The van der Waals surface area contributed by atoms with Crippen molar-refractivity contribution in [2.75, 3.05) is 0 Å². The first-order valence-corrected chi connectivity index (χ1v) is 11.1. The van der Waals surface area contributed by atoms with Gasteiger partial charge in [0.05, 0.1) is 0 Å². The van der Waals surface area contributed by atoms with Crippen LogP contribution in [0.25, 0.3) is 0 Å². The third-order valence-electron chi connectivity index (χ3n) is 2.37. The summed E-state index contributed by atoms with van der Waals surface area (Å²) in [4.78, 5) is 0. The van der Waals surface area contributed by atoms with E-state index in [1.807, 2.05) is 22.6 Å². The van der Waals surface area contributed by atoms with Crippen molar-refractivity contribution in [3.8, 4) is 235 Å². The van der Waals surface area contributed by atoms with Gasteiger partial charge in [0.25, 0.3) is 0 Å². The molecule has 0 unspecified atom stereocenters. The van der Waals surface area contributed by atoms with Crippen LogP contribution in [0.4, 0.5) is 0 Å². The van der Waals surface area contributed by atoms with E-state index >= 15 is 0 Å². The smallest absolute Gasteiger partial charge is 0.0192 e. The maximum absolute atomic E-state index is 4.93. The van der Waals surface area contributed by atoms with Crippen molar-refractivity contribution in [1.82, 2.24) is 0 Å². The Hall–Kier alpha value is -8.07. The van der Waals surface area contributed by atoms with Crippen molar-refractivity contribution < 1.29 is 0 Å². The van der Waals surface area contributed by atoms with Crippen molar-refractivity contribution in [3.63, 3.8) is 0 Å². The van der Waals surface area contributed by atoms with Gasteiger partial charge in [-0.2, -0.15) is 0 Å². The van der Waals surface area contributed by atoms with Gasteiger partial charge in [0, 0.05) is 153 Å². The van der Waals surface area contributed by atoms with E-state index in [9.17, 15) is 0 Å². The second kappa shape index (κ2) is 31.9. The second-order valence-electron chi connectivity index (χ2n) is 4.86. The molecule has 0 saturated carbocycles. The number of halogens is 1. The summed E-state index contributed by atoms with van der Waals surface area (Å²) in [6.45, 7) is 0. The average Bonchev–Trinajstić information content (AvgIpc) is 2.98. The van der Waals surface area contributed by atoms with E-state index in [1.165, 1.54) is 0 Å². The molecule has 0 aliphatic carbocycles. The molecule has 1 heteroatoms. The molecule has 0 aliphatic rings. The Balaban J connectivity index is 4.53. The van der Waals surface area contributed by atoms with Crippen LogP contribution < -0.4 is 0 Å². The fourth-order valence-electron chi connectivity index (χ4n) is 1.15. The third-order valence-corrected chi connectivity index (χ3v) is 2.64. The van der Waals surface area contributed by atoms with Gasteiger partial charge in [-0.3, -0.25) is 0 Å². The van der Waals surface area contributed by atoms with Crippen LogP contribution in [0.15, 0.2) is 0 Å². The van der Waals surface area contributed by atoms with Gasteiger partial charge in [0.2, 0.25) is 0 Å². The molecule has 0 saturated heterocycles. The molecule has 0 fully saturated rings. The SMILES string of the molecule is C#CC#CC#CC#CC#CC#CC#CC#CC#CC#CC#CC#CC#CC#CC#CC#CC#CC#CC#CC#CI. The summed E-state index contributed by atoms with van der Waals surface area (Å²) in [6, 6.07) is 0. The van der Waals surface area contributed by atoms with E-state index in [0.29, 0.717) is 0 Å². The summed E-state index contributed by atoms with van der Waals surface area (Å²) in [5.41, 5.74) is 0. The van der Waals surface area contributed by atoms with Gasteiger partial charge in [-0.25, -0.2) is 0 Å². The van der Waals surface area contributed by atoms with Crippen molar-refractivity contribution >= 4 is 22.6 Å². The van der Waals surface area contributed by atoms with Crippen molar-refractivity contribution in [2.24, 2.45) is 0 Å².